The highest BCUT2D eigenvalue weighted by molar-refractivity contribution is 6.46. The molecular weight excluding hydrogens is 410 g/mol. The molecule has 0 saturated heterocycles. The van der Waals surface area contributed by atoms with Gasteiger partial charge in [-0.2, -0.15) is 0 Å². The fraction of sp³-hybridized carbons (Fsp3) is 0.0435. The van der Waals surface area contributed by atoms with Gasteiger partial charge >= 0.3 is 0 Å². The summed E-state index contributed by atoms with van der Waals surface area (Å²) in [6, 6.07) is 16.3. The van der Waals surface area contributed by atoms with Crippen molar-refractivity contribution in [1.82, 2.24) is 0 Å². The first kappa shape index (κ1) is 19.8. The molecule has 0 spiro atoms. The lowest BCUT2D eigenvalue weighted by atomic mass is 10.0. The van der Waals surface area contributed by atoms with E-state index in [0.717, 1.165) is 17.7 Å². The van der Waals surface area contributed by atoms with Crippen molar-refractivity contribution in [2.24, 2.45) is 0 Å². The average Bonchev–Trinajstić information content (AvgIpc) is 2.95. The molecule has 150 valence electrons. The Morgan fingerprint density at radius 3 is 2.30 bits per heavy atom. The first-order valence-electron chi connectivity index (χ1n) is 9.03. The Bertz CT molecular complexity index is 1210. The summed E-state index contributed by atoms with van der Waals surface area (Å²) in [5.41, 5.74) is 1.61. The van der Waals surface area contributed by atoms with E-state index in [2.05, 4.69) is 5.32 Å². The van der Waals surface area contributed by atoms with Crippen molar-refractivity contribution in [2.45, 2.75) is 6.92 Å². The maximum absolute atomic E-state index is 14.4. The number of halogens is 3. The van der Waals surface area contributed by atoms with E-state index in [1.165, 1.54) is 0 Å². The van der Waals surface area contributed by atoms with Crippen LogP contribution in [0.15, 0.2) is 72.4 Å². The monoisotopic (exact) mass is 424 g/mol. The molecule has 0 aromatic heterocycles. The third kappa shape index (κ3) is 3.46. The summed E-state index contributed by atoms with van der Waals surface area (Å²) in [5, 5.41) is 3.54. The van der Waals surface area contributed by atoms with Crippen molar-refractivity contribution in [2.75, 3.05) is 10.2 Å². The number of carbonyl (C=O) groups is 2. The van der Waals surface area contributed by atoms with E-state index >= 15 is 0 Å². The maximum Gasteiger partial charge on any atom is 0.282 e. The molecule has 1 heterocycles. The van der Waals surface area contributed by atoms with Crippen LogP contribution in [0.3, 0.4) is 0 Å². The minimum atomic E-state index is -1.01. The standard InChI is InChI=1S/C23H15ClF2N2O2/c1-13-11-15(24)7-9-18(13)27-21-20(14-5-3-2-4-6-14)22(29)28(23(21)30)19-10-8-16(25)12-17(19)26/h2-12,27H,1H3. The van der Waals surface area contributed by atoms with Crippen LogP contribution in [0, 0.1) is 18.6 Å². The highest BCUT2D eigenvalue weighted by Crippen LogP contribution is 2.35. The number of rotatable bonds is 4. The Hall–Kier alpha value is -3.51. The second-order valence-electron chi connectivity index (χ2n) is 6.74. The molecule has 4 rings (SSSR count). The molecule has 3 aromatic rings. The van der Waals surface area contributed by atoms with E-state index in [-0.39, 0.29) is 17.0 Å². The Balaban J connectivity index is 1.85. The lowest BCUT2D eigenvalue weighted by Crippen LogP contribution is -2.33. The largest absolute Gasteiger partial charge is 0.350 e. The van der Waals surface area contributed by atoms with Crippen LogP contribution in [0.1, 0.15) is 11.1 Å². The lowest BCUT2D eigenvalue weighted by Gasteiger charge is -2.16. The zero-order valence-electron chi connectivity index (χ0n) is 15.7. The third-order valence-electron chi connectivity index (χ3n) is 4.75. The molecular formula is C23H15ClF2N2O2. The number of nitrogens with one attached hydrogen (secondary N) is 1. The van der Waals surface area contributed by atoms with E-state index < -0.39 is 23.4 Å². The molecule has 0 bridgehead atoms. The van der Waals surface area contributed by atoms with Crippen molar-refractivity contribution in [3.8, 4) is 0 Å². The van der Waals surface area contributed by atoms with Crippen LogP contribution in [0.4, 0.5) is 20.2 Å². The Labute approximate surface area is 176 Å². The van der Waals surface area contributed by atoms with Gasteiger partial charge < -0.3 is 5.32 Å². The minimum absolute atomic E-state index is 0.000322. The van der Waals surface area contributed by atoms with Gasteiger partial charge in [0.25, 0.3) is 11.8 Å². The molecule has 7 heteroatoms. The highest BCUT2D eigenvalue weighted by atomic mass is 35.5. The predicted molar refractivity (Wildman–Crippen MR) is 112 cm³/mol. The van der Waals surface area contributed by atoms with Gasteiger partial charge in [-0.05, 0) is 48.4 Å². The van der Waals surface area contributed by atoms with Crippen LogP contribution in [0.2, 0.25) is 5.02 Å². The summed E-state index contributed by atoms with van der Waals surface area (Å²) in [6.07, 6.45) is 0. The molecule has 2 amide bonds. The van der Waals surface area contributed by atoms with Crippen LogP contribution >= 0.6 is 11.6 Å². The second-order valence-corrected chi connectivity index (χ2v) is 7.18. The number of imide groups is 1. The van der Waals surface area contributed by atoms with Crippen LogP contribution in [-0.4, -0.2) is 11.8 Å². The molecule has 0 aliphatic carbocycles. The van der Waals surface area contributed by atoms with E-state index in [4.69, 9.17) is 11.6 Å². The number of amides is 2. The summed E-state index contributed by atoms with van der Waals surface area (Å²) in [4.78, 5) is 27.2. The predicted octanol–water partition coefficient (Wildman–Crippen LogP) is 5.32. The van der Waals surface area contributed by atoms with Crippen molar-refractivity contribution in [3.05, 3.63) is 100 Å². The number of hydrogen-bond donors (Lipinski definition) is 1. The molecule has 0 fully saturated rings. The molecule has 0 atom stereocenters. The van der Waals surface area contributed by atoms with Gasteiger partial charge in [0.1, 0.15) is 17.3 Å². The van der Waals surface area contributed by atoms with Crippen LogP contribution in [-0.2, 0) is 9.59 Å². The van der Waals surface area contributed by atoms with Gasteiger partial charge in [-0.1, -0.05) is 41.9 Å². The Kier molecular flexibility index (Phi) is 5.10. The number of benzene rings is 3. The average molecular weight is 425 g/mol. The van der Waals surface area contributed by atoms with Crippen molar-refractivity contribution in [1.29, 1.82) is 0 Å². The maximum atomic E-state index is 14.4. The van der Waals surface area contributed by atoms with Crippen molar-refractivity contribution < 1.29 is 18.4 Å². The van der Waals surface area contributed by atoms with Crippen molar-refractivity contribution >= 4 is 40.4 Å². The van der Waals surface area contributed by atoms with Crippen LogP contribution in [0.25, 0.3) is 5.57 Å². The summed E-state index contributed by atoms with van der Waals surface area (Å²) in [7, 11) is 0. The fourth-order valence-corrected chi connectivity index (χ4v) is 3.53. The first-order chi connectivity index (χ1) is 14.4. The summed E-state index contributed by atoms with van der Waals surface area (Å²) in [6.45, 7) is 1.80. The molecule has 0 radical (unpaired) electrons. The molecule has 1 N–H and O–H groups in total. The van der Waals surface area contributed by atoms with Crippen LogP contribution in [0.5, 0.6) is 0 Å². The molecule has 1 aliphatic heterocycles. The van der Waals surface area contributed by atoms with Gasteiger partial charge in [0.2, 0.25) is 0 Å². The molecule has 0 unspecified atom stereocenters. The SMILES string of the molecule is Cc1cc(Cl)ccc1NC1=C(c2ccccc2)C(=O)N(c2ccc(F)cc2F)C1=O. The number of aryl methyl sites for hydroxylation is 1. The van der Waals surface area contributed by atoms with E-state index in [9.17, 15) is 18.4 Å². The van der Waals surface area contributed by atoms with Crippen molar-refractivity contribution in [3.63, 3.8) is 0 Å². The van der Waals surface area contributed by atoms with Gasteiger partial charge in [-0.25, -0.2) is 13.7 Å². The fourth-order valence-electron chi connectivity index (χ4n) is 3.30. The molecule has 30 heavy (non-hydrogen) atoms. The molecule has 1 aliphatic rings. The third-order valence-corrected chi connectivity index (χ3v) is 4.98. The van der Waals surface area contributed by atoms with Gasteiger partial charge in [-0.3, -0.25) is 9.59 Å². The zero-order valence-corrected chi connectivity index (χ0v) is 16.5. The lowest BCUT2D eigenvalue weighted by molar-refractivity contribution is -0.120. The summed E-state index contributed by atoms with van der Waals surface area (Å²) in [5.74, 6) is -3.25. The molecule has 0 saturated carbocycles. The smallest absolute Gasteiger partial charge is 0.282 e. The van der Waals surface area contributed by atoms with Crippen LogP contribution < -0.4 is 10.2 Å². The first-order valence-corrected chi connectivity index (χ1v) is 9.41. The van der Waals surface area contributed by atoms with E-state index in [1.807, 2.05) is 0 Å². The minimum Gasteiger partial charge on any atom is -0.350 e. The zero-order chi connectivity index (χ0) is 21.4. The summed E-state index contributed by atoms with van der Waals surface area (Å²) < 4.78 is 27.8. The van der Waals surface area contributed by atoms with Gasteiger partial charge in [0, 0.05) is 16.8 Å². The van der Waals surface area contributed by atoms with Gasteiger partial charge in [-0.15, -0.1) is 0 Å². The number of carbonyl (C=O) groups excluding carboxylic acids is 2. The summed E-state index contributed by atoms with van der Waals surface area (Å²) >= 11 is 6.00. The normalized spacial score (nSPS) is 13.9. The van der Waals surface area contributed by atoms with E-state index in [0.29, 0.717) is 27.2 Å². The van der Waals surface area contributed by atoms with Gasteiger partial charge in [0.15, 0.2) is 0 Å². The second kappa shape index (κ2) is 7.72. The number of anilines is 2. The Morgan fingerprint density at radius 2 is 1.63 bits per heavy atom. The number of nitrogens with zero attached hydrogens (tertiary/aromatic N) is 1. The Morgan fingerprint density at radius 1 is 0.900 bits per heavy atom. The molecule has 3 aromatic carbocycles. The highest BCUT2D eigenvalue weighted by Gasteiger charge is 2.41. The number of hydrogen-bond acceptors (Lipinski definition) is 3. The molecule has 4 nitrogen and oxygen atoms in total. The quantitative estimate of drug-likeness (QED) is 0.576. The van der Waals surface area contributed by atoms with E-state index in [1.54, 1.807) is 55.5 Å². The van der Waals surface area contributed by atoms with Gasteiger partial charge in [0.05, 0.1) is 11.3 Å². The topological polar surface area (TPSA) is 49.4 Å².